The highest BCUT2D eigenvalue weighted by molar-refractivity contribution is 5.67. The van der Waals surface area contributed by atoms with Crippen molar-refractivity contribution >= 4 is 5.97 Å². The fourth-order valence-corrected chi connectivity index (χ4v) is 2.58. The lowest BCUT2D eigenvalue weighted by molar-refractivity contribution is -0.138. The normalized spacial score (nSPS) is 22.5. The Morgan fingerprint density at radius 2 is 2.47 bits per heavy atom. The van der Waals surface area contributed by atoms with Gasteiger partial charge in [0, 0.05) is 18.3 Å². The highest BCUT2D eigenvalue weighted by Gasteiger charge is 2.30. The molecule has 1 N–H and O–H groups in total. The van der Waals surface area contributed by atoms with E-state index in [1.807, 2.05) is 18.2 Å². The lowest BCUT2D eigenvalue weighted by Gasteiger charge is -2.29. The van der Waals surface area contributed by atoms with Crippen LogP contribution in [0.4, 0.5) is 0 Å². The summed E-state index contributed by atoms with van der Waals surface area (Å²) in [6, 6.07) is 6.23. The van der Waals surface area contributed by atoms with Crippen molar-refractivity contribution in [3.05, 3.63) is 30.1 Å². The second-order valence-corrected chi connectivity index (χ2v) is 4.56. The summed E-state index contributed by atoms with van der Waals surface area (Å²) >= 11 is 0. The number of pyridine rings is 1. The van der Waals surface area contributed by atoms with Crippen molar-refractivity contribution in [2.24, 2.45) is 0 Å². The topological polar surface area (TPSA) is 53.4 Å². The number of aromatic nitrogens is 1. The summed E-state index contributed by atoms with van der Waals surface area (Å²) in [6.07, 6.45) is 4.07. The first-order valence-electron chi connectivity index (χ1n) is 6.07. The minimum Gasteiger partial charge on any atom is -0.481 e. The van der Waals surface area contributed by atoms with E-state index in [-0.39, 0.29) is 18.5 Å². The number of carboxylic acid groups (broad SMARTS) is 1. The van der Waals surface area contributed by atoms with Gasteiger partial charge in [-0.25, -0.2) is 0 Å². The minimum absolute atomic E-state index is 0.157. The molecular formula is C13H18N2O2. The summed E-state index contributed by atoms with van der Waals surface area (Å²) < 4.78 is 0. The van der Waals surface area contributed by atoms with Gasteiger partial charge in [0.25, 0.3) is 0 Å². The van der Waals surface area contributed by atoms with Gasteiger partial charge in [-0.05, 0) is 38.4 Å². The third-order valence-corrected chi connectivity index (χ3v) is 3.45. The van der Waals surface area contributed by atoms with Crippen molar-refractivity contribution in [3.8, 4) is 0 Å². The van der Waals surface area contributed by atoms with E-state index in [1.54, 1.807) is 6.20 Å². The first kappa shape index (κ1) is 12.0. The summed E-state index contributed by atoms with van der Waals surface area (Å²) in [6.45, 7) is 3.07. The Balaban J connectivity index is 2.08. The second kappa shape index (κ2) is 5.27. The van der Waals surface area contributed by atoms with Crippen molar-refractivity contribution in [1.29, 1.82) is 0 Å². The molecule has 0 bridgehead atoms. The monoisotopic (exact) mass is 234 g/mol. The molecule has 4 heteroatoms. The smallest absolute Gasteiger partial charge is 0.304 e. The Hall–Kier alpha value is -1.42. The summed E-state index contributed by atoms with van der Waals surface area (Å²) in [7, 11) is 0. The lowest BCUT2D eigenvalue weighted by Crippen LogP contribution is -2.34. The molecule has 0 spiro atoms. The van der Waals surface area contributed by atoms with Gasteiger partial charge in [0.15, 0.2) is 0 Å². The van der Waals surface area contributed by atoms with Crippen molar-refractivity contribution in [2.75, 3.05) is 6.54 Å². The molecule has 1 saturated heterocycles. The molecule has 0 aliphatic carbocycles. The first-order chi connectivity index (χ1) is 8.18. The maximum Gasteiger partial charge on any atom is 0.304 e. The number of hydrogen-bond acceptors (Lipinski definition) is 3. The van der Waals surface area contributed by atoms with Gasteiger partial charge in [-0.2, -0.15) is 0 Å². The van der Waals surface area contributed by atoms with Gasteiger partial charge in [0.2, 0.25) is 0 Å². The van der Waals surface area contributed by atoms with E-state index >= 15 is 0 Å². The summed E-state index contributed by atoms with van der Waals surface area (Å²) in [5, 5.41) is 8.90. The highest BCUT2D eigenvalue weighted by atomic mass is 16.4. The third-order valence-electron chi connectivity index (χ3n) is 3.45. The molecular weight excluding hydrogens is 216 g/mol. The molecule has 1 aromatic heterocycles. The third kappa shape index (κ3) is 2.82. The average molecular weight is 234 g/mol. The van der Waals surface area contributed by atoms with E-state index in [9.17, 15) is 4.79 Å². The Labute approximate surface area is 101 Å². The Kier molecular flexibility index (Phi) is 3.74. The molecule has 1 aliphatic heterocycles. The molecule has 2 unspecified atom stereocenters. The maximum absolute atomic E-state index is 10.8. The minimum atomic E-state index is -0.713. The summed E-state index contributed by atoms with van der Waals surface area (Å²) in [5.41, 5.74) is 1.02. The molecule has 92 valence electrons. The number of carbonyl (C=O) groups is 1. The Morgan fingerprint density at radius 1 is 1.65 bits per heavy atom. The second-order valence-electron chi connectivity index (χ2n) is 4.56. The lowest BCUT2D eigenvalue weighted by atomic mass is 10.1. The van der Waals surface area contributed by atoms with Crippen LogP contribution in [0.3, 0.4) is 0 Å². The standard InChI is InChI=1S/C13H18N2O2/c1-10(12-6-2-3-7-14-12)15-8-4-5-11(15)9-13(16)17/h2-3,6-7,10-11H,4-5,8-9H2,1H3,(H,16,17). The van der Waals surface area contributed by atoms with E-state index in [0.29, 0.717) is 0 Å². The van der Waals surface area contributed by atoms with Crippen LogP contribution in [0.1, 0.15) is 37.9 Å². The van der Waals surface area contributed by atoms with Gasteiger partial charge in [0.1, 0.15) is 0 Å². The number of aliphatic carboxylic acids is 1. The summed E-state index contributed by atoms with van der Waals surface area (Å²) in [4.78, 5) is 17.4. The van der Waals surface area contributed by atoms with Gasteiger partial charge < -0.3 is 5.11 Å². The zero-order valence-electron chi connectivity index (χ0n) is 10.0. The molecule has 2 rings (SSSR count). The maximum atomic E-state index is 10.8. The first-order valence-corrected chi connectivity index (χ1v) is 6.07. The number of nitrogens with zero attached hydrogens (tertiary/aromatic N) is 2. The number of likely N-dealkylation sites (tertiary alicyclic amines) is 1. The van der Waals surface area contributed by atoms with Crippen LogP contribution in [0.5, 0.6) is 0 Å². The molecule has 17 heavy (non-hydrogen) atoms. The van der Waals surface area contributed by atoms with E-state index in [1.165, 1.54) is 0 Å². The van der Waals surface area contributed by atoms with Crippen LogP contribution in [0, 0.1) is 0 Å². The Morgan fingerprint density at radius 3 is 3.12 bits per heavy atom. The number of hydrogen-bond donors (Lipinski definition) is 1. The zero-order chi connectivity index (χ0) is 12.3. The van der Waals surface area contributed by atoms with Crippen LogP contribution in [0.25, 0.3) is 0 Å². The molecule has 2 heterocycles. The molecule has 1 fully saturated rings. The van der Waals surface area contributed by atoms with Gasteiger partial charge in [-0.3, -0.25) is 14.7 Å². The van der Waals surface area contributed by atoms with E-state index < -0.39 is 5.97 Å². The molecule has 0 saturated carbocycles. The molecule has 1 aliphatic rings. The fourth-order valence-electron chi connectivity index (χ4n) is 2.58. The predicted molar refractivity (Wildman–Crippen MR) is 64.6 cm³/mol. The van der Waals surface area contributed by atoms with Crippen molar-refractivity contribution < 1.29 is 9.90 Å². The molecule has 0 radical (unpaired) electrons. The van der Waals surface area contributed by atoms with Crippen LogP contribution in [0.15, 0.2) is 24.4 Å². The fraction of sp³-hybridized carbons (Fsp3) is 0.538. The van der Waals surface area contributed by atoms with Crippen LogP contribution in [-0.4, -0.2) is 33.5 Å². The van der Waals surface area contributed by atoms with Crippen LogP contribution in [-0.2, 0) is 4.79 Å². The quantitative estimate of drug-likeness (QED) is 0.866. The van der Waals surface area contributed by atoms with E-state index in [0.717, 1.165) is 25.1 Å². The van der Waals surface area contributed by atoms with Crippen molar-refractivity contribution in [2.45, 2.75) is 38.3 Å². The largest absolute Gasteiger partial charge is 0.481 e. The molecule has 4 nitrogen and oxygen atoms in total. The van der Waals surface area contributed by atoms with E-state index in [4.69, 9.17) is 5.11 Å². The SMILES string of the molecule is CC(c1ccccn1)N1CCCC1CC(=O)O. The van der Waals surface area contributed by atoms with Crippen LogP contribution in [0.2, 0.25) is 0 Å². The van der Waals surface area contributed by atoms with Crippen molar-refractivity contribution in [1.82, 2.24) is 9.88 Å². The van der Waals surface area contributed by atoms with Crippen molar-refractivity contribution in [3.63, 3.8) is 0 Å². The molecule has 2 atom stereocenters. The summed E-state index contributed by atoms with van der Waals surface area (Å²) in [5.74, 6) is -0.713. The Bertz CT molecular complexity index is 380. The van der Waals surface area contributed by atoms with E-state index in [2.05, 4.69) is 16.8 Å². The number of rotatable bonds is 4. The van der Waals surface area contributed by atoms with Crippen LogP contribution < -0.4 is 0 Å². The predicted octanol–water partition coefficient (Wildman–Crippen LogP) is 2.08. The zero-order valence-corrected chi connectivity index (χ0v) is 10.0. The highest BCUT2D eigenvalue weighted by Crippen LogP contribution is 2.29. The average Bonchev–Trinajstić information content (AvgIpc) is 2.76. The van der Waals surface area contributed by atoms with Gasteiger partial charge in [-0.15, -0.1) is 0 Å². The molecule has 1 aromatic rings. The van der Waals surface area contributed by atoms with Gasteiger partial charge >= 0.3 is 5.97 Å². The van der Waals surface area contributed by atoms with Crippen LogP contribution >= 0.6 is 0 Å². The van der Waals surface area contributed by atoms with Gasteiger partial charge in [-0.1, -0.05) is 6.07 Å². The molecule has 0 aromatic carbocycles. The molecule has 0 amide bonds. The van der Waals surface area contributed by atoms with Gasteiger partial charge in [0.05, 0.1) is 12.1 Å². The number of carboxylic acids is 1.